The minimum absolute atomic E-state index is 0.0132. The Morgan fingerprint density at radius 1 is 1.19 bits per heavy atom. The Kier molecular flexibility index (Phi) is 4.66. The van der Waals surface area contributed by atoms with Crippen molar-refractivity contribution in [1.82, 2.24) is 0 Å². The average Bonchev–Trinajstić information content (AvgIpc) is 2.16. The molecule has 0 amide bonds. The van der Waals surface area contributed by atoms with Crippen LogP contribution in [0.2, 0.25) is 0 Å². The number of allylic oxidation sites excluding steroid dienone is 1. The summed E-state index contributed by atoms with van der Waals surface area (Å²) in [6.07, 6.45) is 3.90. The van der Waals surface area contributed by atoms with Crippen molar-refractivity contribution in [2.75, 3.05) is 0 Å². The van der Waals surface area contributed by atoms with Gasteiger partial charge in [-0.3, -0.25) is 0 Å². The van der Waals surface area contributed by atoms with Gasteiger partial charge in [0.2, 0.25) is 0 Å². The number of benzene rings is 1. The molecule has 1 aromatic rings. The van der Waals surface area contributed by atoms with Crippen LogP contribution in [0.25, 0.3) is 5.57 Å². The van der Waals surface area contributed by atoms with E-state index in [0.717, 1.165) is 31.2 Å². The third-order valence-corrected chi connectivity index (χ3v) is 2.60. The maximum absolute atomic E-state index is 13.6. The summed E-state index contributed by atoms with van der Waals surface area (Å²) < 4.78 is 27.1. The fourth-order valence-corrected chi connectivity index (χ4v) is 1.76. The normalized spacial score (nSPS) is 10.5. The smallest absolute Gasteiger partial charge is 0.133 e. The molecule has 0 aliphatic carbocycles. The lowest BCUT2D eigenvalue weighted by molar-refractivity contribution is 0.571. The highest BCUT2D eigenvalue weighted by Crippen LogP contribution is 2.22. The Morgan fingerprint density at radius 2 is 1.75 bits per heavy atom. The first-order chi connectivity index (χ1) is 7.56. The van der Waals surface area contributed by atoms with Gasteiger partial charge in [-0.2, -0.15) is 0 Å². The van der Waals surface area contributed by atoms with Crippen LogP contribution < -0.4 is 0 Å². The molecule has 88 valence electrons. The van der Waals surface area contributed by atoms with E-state index in [9.17, 15) is 8.78 Å². The molecule has 0 aliphatic rings. The number of hydrogen-bond donors (Lipinski definition) is 0. The Balaban J connectivity index is 2.87. The number of unbranched alkanes of at least 4 members (excludes halogenated alkanes) is 2. The van der Waals surface area contributed by atoms with Crippen molar-refractivity contribution in [3.05, 3.63) is 41.5 Å². The summed E-state index contributed by atoms with van der Waals surface area (Å²) in [6, 6.07) is 2.84. The molecule has 2 heteroatoms. The molecule has 1 rings (SSSR count). The predicted molar refractivity (Wildman–Crippen MR) is 64.3 cm³/mol. The van der Waals surface area contributed by atoms with Gasteiger partial charge in [0.05, 0.1) is 0 Å². The molecule has 0 saturated heterocycles. The molecule has 0 N–H and O–H groups in total. The zero-order valence-electron chi connectivity index (χ0n) is 9.95. The van der Waals surface area contributed by atoms with Gasteiger partial charge in [-0.1, -0.05) is 26.3 Å². The molecule has 16 heavy (non-hydrogen) atoms. The van der Waals surface area contributed by atoms with Crippen LogP contribution >= 0.6 is 0 Å². The zero-order chi connectivity index (χ0) is 12.1. The quantitative estimate of drug-likeness (QED) is 0.634. The molecule has 1 aromatic carbocycles. The van der Waals surface area contributed by atoms with E-state index >= 15 is 0 Å². The van der Waals surface area contributed by atoms with Crippen LogP contribution in [-0.2, 0) is 6.42 Å². The van der Waals surface area contributed by atoms with Crippen molar-refractivity contribution in [2.45, 2.75) is 39.5 Å². The van der Waals surface area contributed by atoms with Crippen LogP contribution in [0.3, 0.4) is 0 Å². The fourth-order valence-electron chi connectivity index (χ4n) is 1.76. The van der Waals surface area contributed by atoms with Crippen LogP contribution in [-0.4, -0.2) is 0 Å². The lowest BCUT2D eigenvalue weighted by atomic mass is 10.0. The minimum atomic E-state index is -0.501. The highest BCUT2D eigenvalue weighted by Gasteiger charge is 2.11. The summed E-state index contributed by atoms with van der Waals surface area (Å²) in [4.78, 5) is 0. The molecule has 0 heterocycles. The van der Waals surface area contributed by atoms with E-state index in [0.29, 0.717) is 5.57 Å². The monoisotopic (exact) mass is 224 g/mol. The van der Waals surface area contributed by atoms with Gasteiger partial charge in [0.25, 0.3) is 0 Å². The Bertz CT molecular complexity index is 357. The number of halogens is 2. The van der Waals surface area contributed by atoms with Crippen LogP contribution in [0.15, 0.2) is 18.7 Å². The van der Waals surface area contributed by atoms with Gasteiger partial charge in [0.15, 0.2) is 0 Å². The lowest BCUT2D eigenvalue weighted by Crippen LogP contribution is -1.96. The van der Waals surface area contributed by atoms with Crippen molar-refractivity contribution in [3.8, 4) is 0 Å². The van der Waals surface area contributed by atoms with Gasteiger partial charge in [0, 0.05) is 5.56 Å². The second-order valence-corrected chi connectivity index (χ2v) is 4.17. The summed E-state index contributed by atoms with van der Waals surface area (Å²) in [5, 5.41) is 0. The molecular weight excluding hydrogens is 206 g/mol. The summed E-state index contributed by atoms with van der Waals surface area (Å²) in [6.45, 7) is 7.28. The van der Waals surface area contributed by atoms with Crippen molar-refractivity contribution < 1.29 is 8.78 Å². The van der Waals surface area contributed by atoms with E-state index in [2.05, 4.69) is 13.5 Å². The standard InChI is InChI=1S/C14H18F2/c1-4-5-6-7-11-8-12(15)14(10(2)3)13(16)9-11/h8-9H,2,4-7H2,1,3H3. The van der Waals surface area contributed by atoms with Gasteiger partial charge in [0.1, 0.15) is 11.6 Å². The summed E-state index contributed by atoms with van der Waals surface area (Å²) in [7, 11) is 0. The lowest BCUT2D eigenvalue weighted by Gasteiger charge is -2.07. The molecule has 0 aliphatic heterocycles. The Morgan fingerprint density at radius 3 is 2.19 bits per heavy atom. The SMILES string of the molecule is C=C(C)c1c(F)cc(CCCCC)cc1F. The molecule has 0 saturated carbocycles. The summed E-state index contributed by atoms with van der Waals surface area (Å²) in [5.41, 5.74) is 1.17. The highest BCUT2D eigenvalue weighted by molar-refractivity contribution is 5.62. The van der Waals surface area contributed by atoms with Gasteiger partial charge < -0.3 is 0 Å². The molecule has 0 aromatic heterocycles. The molecule has 0 bridgehead atoms. The minimum Gasteiger partial charge on any atom is -0.206 e. The topological polar surface area (TPSA) is 0 Å². The molecule has 0 unspecified atom stereocenters. The average molecular weight is 224 g/mol. The van der Waals surface area contributed by atoms with Gasteiger partial charge in [-0.15, -0.1) is 0 Å². The van der Waals surface area contributed by atoms with Crippen molar-refractivity contribution in [2.24, 2.45) is 0 Å². The molecular formula is C14H18F2. The van der Waals surface area contributed by atoms with Crippen LogP contribution in [0.1, 0.15) is 44.2 Å². The van der Waals surface area contributed by atoms with Gasteiger partial charge >= 0.3 is 0 Å². The molecule has 0 fully saturated rings. The first-order valence-corrected chi connectivity index (χ1v) is 5.70. The fraction of sp³-hybridized carbons (Fsp3) is 0.429. The van der Waals surface area contributed by atoms with Crippen molar-refractivity contribution >= 4 is 5.57 Å². The number of hydrogen-bond acceptors (Lipinski definition) is 0. The third-order valence-electron chi connectivity index (χ3n) is 2.60. The van der Waals surface area contributed by atoms with Crippen molar-refractivity contribution in [1.29, 1.82) is 0 Å². The van der Waals surface area contributed by atoms with Crippen LogP contribution in [0, 0.1) is 11.6 Å². The summed E-state index contributed by atoms with van der Waals surface area (Å²) >= 11 is 0. The van der Waals surface area contributed by atoms with E-state index in [1.54, 1.807) is 6.92 Å². The molecule has 0 spiro atoms. The Hall–Kier alpha value is -1.18. The highest BCUT2D eigenvalue weighted by atomic mass is 19.1. The van der Waals surface area contributed by atoms with E-state index in [-0.39, 0.29) is 5.56 Å². The molecule has 0 atom stereocenters. The number of aryl methyl sites for hydroxylation is 1. The second kappa shape index (κ2) is 5.78. The predicted octanol–water partition coefficient (Wildman–Crippen LogP) is 4.73. The second-order valence-electron chi connectivity index (χ2n) is 4.17. The number of rotatable bonds is 5. The van der Waals surface area contributed by atoms with E-state index in [1.807, 2.05) is 0 Å². The third kappa shape index (κ3) is 3.16. The van der Waals surface area contributed by atoms with Gasteiger partial charge in [-0.05, 0) is 43.0 Å². The van der Waals surface area contributed by atoms with E-state index in [1.165, 1.54) is 12.1 Å². The van der Waals surface area contributed by atoms with E-state index < -0.39 is 11.6 Å². The van der Waals surface area contributed by atoms with Crippen LogP contribution in [0.5, 0.6) is 0 Å². The summed E-state index contributed by atoms with van der Waals surface area (Å²) in [5.74, 6) is -1.00. The maximum atomic E-state index is 13.6. The Labute approximate surface area is 96.0 Å². The first-order valence-electron chi connectivity index (χ1n) is 5.70. The van der Waals surface area contributed by atoms with E-state index in [4.69, 9.17) is 0 Å². The largest absolute Gasteiger partial charge is 0.206 e. The zero-order valence-corrected chi connectivity index (χ0v) is 9.95. The first kappa shape index (κ1) is 12.9. The molecule has 0 nitrogen and oxygen atoms in total. The van der Waals surface area contributed by atoms with Crippen LogP contribution in [0.4, 0.5) is 8.78 Å². The van der Waals surface area contributed by atoms with Crippen molar-refractivity contribution in [3.63, 3.8) is 0 Å². The maximum Gasteiger partial charge on any atom is 0.133 e. The van der Waals surface area contributed by atoms with Gasteiger partial charge in [-0.25, -0.2) is 8.78 Å². The molecule has 0 radical (unpaired) electrons.